The first-order valence-electron chi connectivity index (χ1n) is 8.43. The van der Waals surface area contributed by atoms with Gasteiger partial charge in [0.05, 0.1) is 19.8 Å². The van der Waals surface area contributed by atoms with E-state index in [4.69, 9.17) is 4.74 Å². The number of carbonyl (C=O) groups excluding carboxylic acids is 3. The van der Waals surface area contributed by atoms with Crippen molar-refractivity contribution in [2.24, 2.45) is 0 Å². The number of amides is 4. The molecule has 1 spiro atoms. The molecule has 3 rings (SSSR count). The predicted octanol–water partition coefficient (Wildman–Crippen LogP) is -0.411. The molecule has 3 N–H and O–H groups in total. The van der Waals surface area contributed by atoms with Crippen molar-refractivity contribution in [2.75, 3.05) is 26.3 Å². The minimum absolute atomic E-state index is 0.0909. The van der Waals surface area contributed by atoms with Crippen molar-refractivity contribution in [1.29, 1.82) is 0 Å². The van der Waals surface area contributed by atoms with Gasteiger partial charge < -0.3 is 15.4 Å². The molecule has 10 heteroatoms. The first-order valence-corrected chi connectivity index (χ1v) is 8.43. The molecule has 140 valence electrons. The molecular weight excluding hydrogens is 338 g/mol. The van der Waals surface area contributed by atoms with E-state index >= 15 is 0 Å². The fourth-order valence-corrected chi connectivity index (χ4v) is 3.71. The molecule has 0 unspecified atom stereocenters. The third-order valence-electron chi connectivity index (χ3n) is 5.11. The Labute approximate surface area is 143 Å². The van der Waals surface area contributed by atoms with Gasteiger partial charge >= 0.3 is 6.03 Å². The Morgan fingerprint density at radius 1 is 1.36 bits per heavy atom. The largest absolute Gasteiger partial charge is 0.378 e. The molecule has 0 bridgehead atoms. The summed E-state index contributed by atoms with van der Waals surface area (Å²) < 4.78 is 30.6. The number of ether oxygens (including phenoxy) is 1. The van der Waals surface area contributed by atoms with Crippen LogP contribution >= 0.6 is 0 Å². The van der Waals surface area contributed by atoms with Gasteiger partial charge in [-0.3, -0.25) is 19.8 Å². The molecule has 1 atom stereocenters. The summed E-state index contributed by atoms with van der Waals surface area (Å²) >= 11 is 0. The molecule has 0 aromatic rings. The number of alkyl halides is 2. The molecular formula is C15H22F2N4O4. The summed E-state index contributed by atoms with van der Waals surface area (Å²) in [7, 11) is 0. The molecule has 0 radical (unpaired) electrons. The average molecular weight is 360 g/mol. The highest BCUT2D eigenvalue weighted by Gasteiger charge is 2.48. The molecule has 1 saturated carbocycles. The molecule has 0 aromatic carbocycles. The first-order chi connectivity index (χ1) is 11.9. The van der Waals surface area contributed by atoms with Crippen LogP contribution in [-0.2, 0) is 14.3 Å². The summed E-state index contributed by atoms with van der Waals surface area (Å²) in [4.78, 5) is 37.1. The number of nitrogens with zero attached hydrogens (tertiary/aromatic N) is 1. The standard InChI is InChI=1S/C15H22F2N4O4/c16-11(17)7-21-5-6-25-8-10(21)12(22)18-9-1-3-15(4-2-9)13(23)19-14(24)20-15/h9-11H,1-8H2,(H,18,22)(H2,19,20,23,24)/t9?,10-,15?/m0/s1. The second-order valence-corrected chi connectivity index (χ2v) is 6.75. The highest BCUT2D eigenvalue weighted by Crippen LogP contribution is 2.31. The second kappa shape index (κ2) is 7.20. The van der Waals surface area contributed by atoms with Crippen LogP contribution in [0.3, 0.4) is 0 Å². The number of hydrogen-bond donors (Lipinski definition) is 3. The fourth-order valence-electron chi connectivity index (χ4n) is 3.71. The van der Waals surface area contributed by atoms with Gasteiger partial charge in [0.15, 0.2) is 0 Å². The minimum Gasteiger partial charge on any atom is -0.378 e. The van der Waals surface area contributed by atoms with E-state index in [-0.39, 0.29) is 24.5 Å². The molecule has 8 nitrogen and oxygen atoms in total. The van der Waals surface area contributed by atoms with Crippen molar-refractivity contribution in [3.05, 3.63) is 0 Å². The number of carbonyl (C=O) groups is 3. The van der Waals surface area contributed by atoms with Gasteiger partial charge in [-0.1, -0.05) is 0 Å². The lowest BCUT2D eigenvalue weighted by Gasteiger charge is -2.38. The highest BCUT2D eigenvalue weighted by atomic mass is 19.3. The van der Waals surface area contributed by atoms with E-state index in [9.17, 15) is 23.2 Å². The molecule has 3 aliphatic rings. The SMILES string of the molecule is O=C1NC(=O)C2(CCC(NC(=O)[C@@H]3COCCN3CC(F)F)CC2)N1. The van der Waals surface area contributed by atoms with Crippen molar-refractivity contribution in [3.63, 3.8) is 0 Å². The molecule has 25 heavy (non-hydrogen) atoms. The summed E-state index contributed by atoms with van der Waals surface area (Å²) in [6.45, 7) is 0.259. The van der Waals surface area contributed by atoms with E-state index < -0.39 is 30.6 Å². The quantitative estimate of drug-likeness (QED) is 0.592. The van der Waals surface area contributed by atoms with Crippen molar-refractivity contribution in [1.82, 2.24) is 20.9 Å². The minimum atomic E-state index is -2.51. The van der Waals surface area contributed by atoms with Gasteiger partial charge in [0.2, 0.25) is 5.91 Å². The van der Waals surface area contributed by atoms with Crippen LogP contribution in [-0.4, -0.2) is 73.1 Å². The van der Waals surface area contributed by atoms with E-state index in [0.717, 1.165) is 0 Å². The van der Waals surface area contributed by atoms with Gasteiger partial charge in [-0.05, 0) is 25.7 Å². The van der Waals surface area contributed by atoms with E-state index in [1.54, 1.807) is 0 Å². The maximum absolute atomic E-state index is 12.7. The number of hydrogen-bond acceptors (Lipinski definition) is 5. The molecule has 2 aliphatic heterocycles. The van der Waals surface area contributed by atoms with Crippen molar-refractivity contribution >= 4 is 17.8 Å². The van der Waals surface area contributed by atoms with Crippen molar-refractivity contribution < 1.29 is 27.9 Å². The number of nitrogens with one attached hydrogen (secondary N) is 3. The number of morpholine rings is 1. The summed E-state index contributed by atoms with van der Waals surface area (Å²) in [5.74, 6) is -0.660. The third kappa shape index (κ3) is 3.90. The number of halogens is 2. The second-order valence-electron chi connectivity index (χ2n) is 6.75. The Hall–Kier alpha value is -1.81. The topological polar surface area (TPSA) is 99.8 Å². The van der Waals surface area contributed by atoms with Crippen LogP contribution < -0.4 is 16.0 Å². The normalized spacial score (nSPS) is 33.4. The van der Waals surface area contributed by atoms with Crippen LogP contribution in [0.1, 0.15) is 25.7 Å². The number of imide groups is 1. The molecule has 1 aliphatic carbocycles. The van der Waals surface area contributed by atoms with Crippen molar-refractivity contribution in [2.45, 2.75) is 49.7 Å². The summed E-state index contributed by atoms with van der Waals surface area (Å²) in [6, 6.07) is -1.37. The Morgan fingerprint density at radius 3 is 2.68 bits per heavy atom. The predicted molar refractivity (Wildman–Crippen MR) is 82.0 cm³/mol. The Bertz CT molecular complexity index is 552. The zero-order valence-electron chi connectivity index (χ0n) is 13.7. The average Bonchev–Trinajstić information content (AvgIpc) is 2.83. The van der Waals surface area contributed by atoms with Crippen LogP contribution in [0.2, 0.25) is 0 Å². The molecule has 3 fully saturated rings. The van der Waals surface area contributed by atoms with E-state index in [1.807, 2.05) is 0 Å². The maximum atomic E-state index is 12.7. The lowest BCUT2D eigenvalue weighted by atomic mass is 9.79. The van der Waals surface area contributed by atoms with E-state index in [1.165, 1.54) is 4.90 Å². The van der Waals surface area contributed by atoms with Gasteiger partial charge in [-0.25, -0.2) is 13.6 Å². The molecule has 2 saturated heterocycles. The van der Waals surface area contributed by atoms with E-state index in [0.29, 0.717) is 38.8 Å². The van der Waals surface area contributed by atoms with Gasteiger partial charge in [-0.2, -0.15) is 0 Å². The lowest BCUT2D eigenvalue weighted by Crippen LogP contribution is -2.58. The third-order valence-corrected chi connectivity index (χ3v) is 5.11. The van der Waals surface area contributed by atoms with E-state index in [2.05, 4.69) is 16.0 Å². The Kier molecular flexibility index (Phi) is 5.19. The molecule has 2 heterocycles. The van der Waals surface area contributed by atoms with Crippen LogP contribution in [0.25, 0.3) is 0 Å². The Morgan fingerprint density at radius 2 is 2.08 bits per heavy atom. The summed E-state index contributed by atoms with van der Waals surface area (Å²) in [6.07, 6.45) is -0.592. The molecule has 0 aromatic heterocycles. The van der Waals surface area contributed by atoms with Gasteiger partial charge in [0, 0.05) is 12.6 Å². The Balaban J connectivity index is 1.53. The highest BCUT2D eigenvalue weighted by molar-refractivity contribution is 6.07. The van der Waals surface area contributed by atoms with Gasteiger partial charge in [0.25, 0.3) is 12.3 Å². The summed E-state index contributed by atoms with van der Waals surface area (Å²) in [5, 5.41) is 7.77. The number of rotatable bonds is 4. The smallest absolute Gasteiger partial charge is 0.322 e. The van der Waals surface area contributed by atoms with Crippen LogP contribution in [0.15, 0.2) is 0 Å². The lowest BCUT2D eigenvalue weighted by molar-refractivity contribution is -0.135. The maximum Gasteiger partial charge on any atom is 0.322 e. The van der Waals surface area contributed by atoms with Crippen LogP contribution in [0, 0.1) is 0 Å². The van der Waals surface area contributed by atoms with Gasteiger partial charge in [-0.15, -0.1) is 0 Å². The zero-order chi connectivity index (χ0) is 18.0. The van der Waals surface area contributed by atoms with Crippen LogP contribution in [0.4, 0.5) is 13.6 Å². The van der Waals surface area contributed by atoms with Crippen molar-refractivity contribution in [3.8, 4) is 0 Å². The molecule has 4 amide bonds. The van der Waals surface area contributed by atoms with Crippen LogP contribution in [0.5, 0.6) is 0 Å². The fraction of sp³-hybridized carbons (Fsp3) is 0.800. The summed E-state index contributed by atoms with van der Waals surface area (Å²) in [5.41, 5.74) is -0.881. The zero-order valence-corrected chi connectivity index (χ0v) is 13.7. The first kappa shape index (κ1) is 18.0. The number of urea groups is 1. The van der Waals surface area contributed by atoms with Gasteiger partial charge in [0.1, 0.15) is 11.6 Å². The monoisotopic (exact) mass is 360 g/mol.